The maximum atomic E-state index is 12.6. The number of fused-ring (bicyclic) bond motifs is 1. The van der Waals surface area contributed by atoms with Crippen molar-refractivity contribution in [1.29, 1.82) is 0 Å². The van der Waals surface area contributed by atoms with Crippen molar-refractivity contribution in [3.8, 4) is 11.5 Å². The van der Waals surface area contributed by atoms with Gasteiger partial charge in [-0.25, -0.2) is 0 Å². The van der Waals surface area contributed by atoms with E-state index in [1.807, 2.05) is 28.8 Å². The SMILES string of the molecule is C=CCc1cc(C(=O)NCCc2nnc3ccccn23)cc(OC)c1OC. The van der Waals surface area contributed by atoms with Gasteiger partial charge in [-0.3, -0.25) is 9.20 Å². The van der Waals surface area contributed by atoms with Crippen molar-refractivity contribution in [2.24, 2.45) is 0 Å². The molecule has 1 amide bonds. The van der Waals surface area contributed by atoms with Crippen molar-refractivity contribution in [2.75, 3.05) is 20.8 Å². The molecule has 2 aromatic heterocycles. The summed E-state index contributed by atoms with van der Waals surface area (Å²) in [4.78, 5) is 12.6. The van der Waals surface area contributed by atoms with E-state index >= 15 is 0 Å². The third-order valence-corrected chi connectivity index (χ3v) is 4.20. The second-order valence-electron chi connectivity index (χ2n) is 5.91. The first kappa shape index (κ1) is 18.4. The van der Waals surface area contributed by atoms with Gasteiger partial charge < -0.3 is 14.8 Å². The fourth-order valence-corrected chi connectivity index (χ4v) is 2.93. The zero-order chi connectivity index (χ0) is 19.2. The summed E-state index contributed by atoms with van der Waals surface area (Å²) in [6.07, 6.45) is 4.81. The van der Waals surface area contributed by atoms with E-state index in [4.69, 9.17) is 9.47 Å². The molecule has 1 N–H and O–H groups in total. The highest BCUT2D eigenvalue weighted by Crippen LogP contribution is 2.33. The largest absolute Gasteiger partial charge is 0.493 e. The van der Waals surface area contributed by atoms with Gasteiger partial charge in [0, 0.05) is 30.3 Å². The number of nitrogens with zero attached hydrogens (tertiary/aromatic N) is 3. The number of carbonyl (C=O) groups excluding carboxylic acids is 1. The predicted octanol–water partition coefficient (Wildman–Crippen LogP) is 2.45. The van der Waals surface area contributed by atoms with Crippen molar-refractivity contribution in [3.05, 3.63) is 66.1 Å². The molecule has 0 atom stereocenters. The Balaban J connectivity index is 1.72. The van der Waals surface area contributed by atoms with Gasteiger partial charge in [-0.1, -0.05) is 12.1 Å². The molecule has 1 aromatic carbocycles. The molecule has 0 bridgehead atoms. The normalized spacial score (nSPS) is 10.6. The Morgan fingerprint density at radius 2 is 2.11 bits per heavy atom. The molecule has 0 spiro atoms. The van der Waals surface area contributed by atoms with Gasteiger partial charge in [-0.2, -0.15) is 0 Å². The van der Waals surface area contributed by atoms with Crippen LogP contribution in [0.25, 0.3) is 5.65 Å². The van der Waals surface area contributed by atoms with E-state index in [0.29, 0.717) is 36.4 Å². The Labute approximate surface area is 157 Å². The summed E-state index contributed by atoms with van der Waals surface area (Å²) in [5.74, 6) is 1.75. The fraction of sp³-hybridized carbons (Fsp3) is 0.250. The first-order valence-corrected chi connectivity index (χ1v) is 8.60. The van der Waals surface area contributed by atoms with Crippen LogP contribution in [0.3, 0.4) is 0 Å². The average molecular weight is 366 g/mol. The molecular weight excluding hydrogens is 344 g/mol. The molecule has 0 unspecified atom stereocenters. The van der Waals surface area contributed by atoms with Crippen LogP contribution in [0.15, 0.2) is 49.2 Å². The molecule has 7 nitrogen and oxygen atoms in total. The summed E-state index contributed by atoms with van der Waals surface area (Å²) in [5.41, 5.74) is 2.14. The highest BCUT2D eigenvalue weighted by atomic mass is 16.5. The third-order valence-electron chi connectivity index (χ3n) is 4.20. The number of rotatable bonds is 8. The molecule has 2 heterocycles. The Bertz CT molecular complexity index is 965. The number of ether oxygens (including phenoxy) is 2. The van der Waals surface area contributed by atoms with Crippen LogP contribution in [0.2, 0.25) is 0 Å². The molecule has 140 valence electrons. The number of amides is 1. The number of pyridine rings is 1. The summed E-state index contributed by atoms with van der Waals surface area (Å²) in [6, 6.07) is 9.19. The summed E-state index contributed by atoms with van der Waals surface area (Å²) >= 11 is 0. The van der Waals surface area contributed by atoms with Gasteiger partial charge in [-0.05, 0) is 30.7 Å². The monoisotopic (exact) mass is 366 g/mol. The maximum absolute atomic E-state index is 12.6. The van der Waals surface area contributed by atoms with Crippen molar-refractivity contribution in [1.82, 2.24) is 19.9 Å². The molecule has 0 fully saturated rings. The molecule has 27 heavy (non-hydrogen) atoms. The maximum Gasteiger partial charge on any atom is 0.251 e. The van der Waals surface area contributed by atoms with Gasteiger partial charge in [-0.15, -0.1) is 16.8 Å². The molecule has 7 heteroatoms. The van der Waals surface area contributed by atoms with Crippen molar-refractivity contribution in [3.63, 3.8) is 0 Å². The van der Waals surface area contributed by atoms with Gasteiger partial charge in [0.2, 0.25) is 0 Å². The van der Waals surface area contributed by atoms with Crippen LogP contribution in [0, 0.1) is 0 Å². The van der Waals surface area contributed by atoms with Gasteiger partial charge in [0.25, 0.3) is 5.91 Å². The average Bonchev–Trinajstić information content (AvgIpc) is 3.10. The number of benzene rings is 1. The van der Waals surface area contributed by atoms with E-state index in [-0.39, 0.29) is 5.91 Å². The Kier molecular flexibility index (Phi) is 5.71. The molecule has 0 radical (unpaired) electrons. The van der Waals surface area contributed by atoms with Crippen molar-refractivity contribution >= 4 is 11.6 Å². The van der Waals surface area contributed by atoms with Crippen LogP contribution >= 0.6 is 0 Å². The fourth-order valence-electron chi connectivity index (χ4n) is 2.93. The van der Waals surface area contributed by atoms with E-state index in [1.54, 1.807) is 32.4 Å². The van der Waals surface area contributed by atoms with E-state index in [9.17, 15) is 4.79 Å². The second kappa shape index (κ2) is 8.35. The number of aromatic nitrogens is 3. The quantitative estimate of drug-likeness (QED) is 0.620. The standard InChI is InChI=1S/C20H22N4O3/c1-4-7-14-12-15(13-16(26-2)19(14)27-3)20(25)21-10-9-18-23-22-17-8-5-6-11-24(17)18/h4-6,8,11-13H,1,7,9-10H2,2-3H3,(H,21,25). The molecule has 0 aliphatic heterocycles. The van der Waals surface area contributed by atoms with Crippen LogP contribution in [0.4, 0.5) is 0 Å². The number of allylic oxidation sites excluding steroid dienone is 1. The van der Waals surface area contributed by atoms with Crippen LogP contribution in [-0.2, 0) is 12.8 Å². The van der Waals surface area contributed by atoms with Gasteiger partial charge in [0.15, 0.2) is 17.1 Å². The van der Waals surface area contributed by atoms with Gasteiger partial charge in [0.1, 0.15) is 5.82 Å². The summed E-state index contributed by atoms with van der Waals surface area (Å²) in [5, 5.41) is 11.2. The number of hydrogen-bond donors (Lipinski definition) is 1. The Morgan fingerprint density at radius 3 is 2.85 bits per heavy atom. The lowest BCUT2D eigenvalue weighted by Gasteiger charge is -2.14. The second-order valence-corrected chi connectivity index (χ2v) is 5.91. The lowest BCUT2D eigenvalue weighted by atomic mass is 10.0. The van der Waals surface area contributed by atoms with E-state index in [0.717, 1.165) is 17.0 Å². The molecule has 0 saturated heterocycles. The number of methoxy groups -OCH3 is 2. The first-order chi connectivity index (χ1) is 13.2. The third kappa shape index (κ3) is 3.92. The highest BCUT2D eigenvalue weighted by molar-refractivity contribution is 5.95. The highest BCUT2D eigenvalue weighted by Gasteiger charge is 2.15. The number of nitrogens with one attached hydrogen (secondary N) is 1. The smallest absolute Gasteiger partial charge is 0.251 e. The lowest BCUT2D eigenvalue weighted by Crippen LogP contribution is -2.26. The summed E-state index contributed by atoms with van der Waals surface area (Å²) in [6.45, 7) is 4.20. The molecule has 0 saturated carbocycles. The molecule has 3 rings (SSSR count). The van der Waals surface area contributed by atoms with Gasteiger partial charge in [0.05, 0.1) is 14.2 Å². The Hall–Kier alpha value is -3.35. The zero-order valence-corrected chi connectivity index (χ0v) is 15.4. The number of hydrogen-bond acceptors (Lipinski definition) is 5. The summed E-state index contributed by atoms with van der Waals surface area (Å²) in [7, 11) is 3.13. The molecule has 0 aliphatic carbocycles. The van der Waals surface area contributed by atoms with Crippen molar-refractivity contribution in [2.45, 2.75) is 12.8 Å². The van der Waals surface area contributed by atoms with Crippen molar-refractivity contribution < 1.29 is 14.3 Å². The zero-order valence-electron chi connectivity index (χ0n) is 15.4. The molecule has 3 aromatic rings. The number of carbonyl (C=O) groups is 1. The van der Waals surface area contributed by atoms with Crippen LogP contribution < -0.4 is 14.8 Å². The summed E-state index contributed by atoms with van der Waals surface area (Å²) < 4.78 is 12.7. The predicted molar refractivity (Wildman–Crippen MR) is 102 cm³/mol. The topological polar surface area (TPSA) is 77.8 Å². The minimum Gasteiger partial charge on any atom is -0.493 e. The van der Waals surface area contributed by atoms with Crippen LogP contribution in [-0.4, -0.2) is 41.3 Å². The van der Waals surface area contributed by atoms with Crippen LogP contribution in [0.5, 0.6) is 11.5 Å². The van der Waals surface area contributed by atoms with Gasteiger partial charge >= 0.3 is 0 Å². The Morgan fingerprint density at radius 1 is 1.26 bits per heavy atom. The van der Waals surface area contributed by atoms with Crippen LogP contribution in [0.1, 0.15) is 21.7 Å². The van der Waals surface area contributed by atoms with E-state index in [2.05, 4.69) is 22.1 Å². The molecular formula is C20H22N4O3. The first-order valence-electron chi connectivity index (χ1n) is 8.60. The van der Waals surface area contributed by atoms with E-state index < -0.39 is 0 Å². The van der Waals surface area contributed by atoms with E-state index in [1.165, 1.54) is 0 Å². The minimum absolute atomic E-state index is 0.185. The minimum atomic E-state index is -0.185. The molecule has 0 aliphatic rings. The lowest BCUT2D eigenvalue weighted by molar-refractivity contribution is 0.0953.